The third-order valence-electron chi connectivity index (χ3n) is 2.41. The van der Waals surface area contributed by atoms with Gasteiger partial charge in [0.15, 0.2) is 5.13 Å². The summed E-state index contributed by atoms with van der Waals surface area (Å²) in [5.41, 5.74) is 7.26. The van der Waals surface area contributed by atoms with E-state index in [1.165, 1.54) is 11.3 Å². The van der Waals surface area contributed by atoms with Crippen LogP contribution >= 0.6 is 33.9 Å². The highest BCUT2D eigenvalue weighted by Crippen LogP contribution is 2.17. The van der Waals surface area contributed by atoms with Gasteiger partial charge in [0.25, 0.3) is 5.91 Å². The summed E-state index contributed by atoms with van der Waals surface area (Å²) < 4.78 is 1.10. The quantitative estimate of drug-likeness (QED) is 0.793. The van der Waals surface area contributed by atoms with Crippen LogP contribution in [0.15, 0.2) is 29.6 Å². The predicted molar refractivity (Wildman–Crippen MR) is 86.6 cm³/mol. The third kappa shape index (κ3) is 4.26. The van der Waals surface area contributed by atoms with Crippen LogP contribution in [0.4, 0.5) is 5.13 Å². The van der Waals surface area contributed by atoms with Crippen molar-refractivity contribution in [3.05, 3.63) is 44.5 Å². The molecule has 1 heterocycles. The van der Waals surface area contributed by atoms with Crippen molar-refractivity contribution in [1.29, 1.82) is 0 Å². The van der Waals surface area contributed by atoms with Crippen LogP contribution in [0.3, 0.4) is 0 Å². The van der Waals surface area contributed by atoms with Crippen LogP contribution in [-0.4, -0.2) is 16.9 Å². The monoisotopic (exact) mass is 387 g/mol. The minimum atomic E-state index is -0.141. The molecule has 1 amide bonds. The molecular formula is C13H14IN3OS. The van der Waals surface area contributed by atoms with Gasteiger partial charge in [-0.2, -0.15) is 0 Å². The average Bonchev–Trinajstić information content (AvgIpc) is 2.76. The summed E-state index contributed by atoms with van der Waals surface area (Å²) in [5, 5.41) is 5.33. The zero-order chi connectivity index (χ0) is 13.8. The summed E-state index contributed by atoms with van der Waals surface area (Å²) in [4.78, 5) is 16.3. The Hall–Kier alpha value is -0.990. The number of amides is 1. The summed E-state index contributed by atoms with van der Waals surface area (Å²) in [6, 6.07) is 7.47. The van der Waals surface area contributed by atoms with Crippen molar-refractivity contribution in [1.82, 2.24) is 4.98 Å². The molecular weight excluding hydrogens is 373 g/mol. The van der Waals surface area contributed by atoms with Crippen molar-refractivity contribution in [2.75, 3.05) is 5.32 Å². The van der Waals surface area contributed by atoms with E-state index in [9.17, 15) is 4.79 Å². The van der Waals surface area contributed by atoms with Crippen molar-refractivity contribution < 1.29 is 4.79 Å². The van der Waals surface area contributed by atoms with Crippen molar-refractivity contribution in [3.63, 3.8) is 0 Å². The molecule has 1 atom stereocenters. The molecule has 1 aromatic heterocycles. The SMILES string of the molecule is CC(N)Cc1csc(NC(=O)c2ccc(I)cc2)n1. The molecule has 19 heavy (non-hydrogen) atoms. The molecule has 0 aliphatic carbocycles. The van der Waals surface area contributed by atoms with E-state index in [4.69, 9.17) is 5.73 Å². The van der Waals surface area contributed by atoms with E-state index >= 15 is 0 Å². The number of carbonyl (C=O) groups excluding carboxylic acids is 1. The highest BCUT2D eigenvalue weighted by molar-refractivity contribution is 14.1. The van der Waals surface area contributed by atoms with Crippen molar-refractivity contribution in [2.24, 2.45) is 5.73 Å². The van der Waals surface area contributed by atoms with Gasteiger partial charge >= 0.3 is 0 Å². The Labute approximate surface area is 129 Å². The first-order valence-corrected chi connectivity index (χ1v) is 7.77. The second kappa shape index (κ2) is 6.44. The predicted octanol–water partition coefficient (Wildman–Crippen LogP) is 2.89. The summed E-state index contributed by atoms with van der Waals surface area (Å²) >= 11 is 3.62. The van der Waals surface area contributed by atoms with Gasteiger partial charge in [0, 0.05) is 27.0 Å². The van der Waals surface area contributed by atoms with Gasteiger partial charge < -0.3 is 5.73 Å². The largest absolute Gasteiger partial charge is 0.328 e. The number of thiazole rings is 1. The highest BCUT2D eigenvalue weighted by Gasteiger charge is 2.09. The van der Waals surface area contributed by atoms with Crippen molar-refractivity contribution in [2.45, 2.75) is 19.4 Å². The molecule has 0 spiro atoms. The highest BCUT2D eigenvalue weighted by atomic mass is 127. The number of nitrogens with two attached hydrogens (primary N) is 1. The van der Waals surface area contributed by atoms with E-state index in [-0.39, 0.29) is 11.9 Å². The van der Waals surface area contributed by atoms with E-state index in [1.54, 1.807) is 12.1 Å². The molecule has 3 N–H and O–H groups in total. The fourth-order valence-corrected chi connectivity index (χ4v) is 2.64. The molecule has 4 nitrogen and oxygen atoms in total. The van der Waals surface area contributed by atoms with Crippen molar-refractivity contribution >= 4 is 45.0 Å². The number of benzene rings is 1. The molecule has 1 unspecified atom stereocenters. The lowest BCUT2D eigenvalue weighted by molar-refractivity contribution is 0.102. The number of anilines is 1. The summed E-state index contributed by atoms with van der Waals surface area (Å²) in [5.74, 6) is -0.141. The van der Waals surface area contributed by atoms with E-state index in [0.717, 1.165) is 15.7 Å². The molecule has 0 saturated carbocycles. The van der Waals surface area contributed by atoms with Gasteiger partial charge in [0.2, 0.25) is 0 Å². The first-order chi connectivity index (χ1) is 9.04. The maximum Gasteiger partial charge on any atom is 0.257 e. The summed E-state index contributed by atoms with van der Waals surface area (Å²) in [6.45, 7) is 1.93. The lowest BCUT2D eigenvalue weighted by Crippen LogP contribution is -2.18. The van der Waals surface area contributed by atoms with Crippen LogP contribution in [-0.2, 0) is 6.42 Å². The number of nitrogens with one attached hydrogen (secondary N) is 1. The molecule has 0 aliphatic heterocycles. The zero-order valence-corrected chi connectivity index (χ0v) is 13.4. The maximum atomic E-state index is 12.0. The Morgan fingerprint density at radius 1 is 1.47 bits per heavy atom. The van der Waals surface area contributed by atoms with Crippen LogP contribution in [0.2, 0.25) is 0 Å². The third-order valence-corrected chi connectivity index (χ3v) is 3.94. The Balaban J connectivity index is 2.02. The van der Waals surface area contributed by atoms with Gasteiger partial charge in [-0.3, -0.25) is 10.1 Å². The molecule has 0 fully saturated rings. The Bertz CT molecular complexity index is 566. The topological polar surface area (TPSA) is 68.0 Å². The first kappa shape index (κ1) is 14.4. The zero-order valence-electron chi connectivity index (χ0n) is 10.4. The number of rotatable bonds is 4. The average molecular weight is 387 g/mol. The Morgan fingerprint density at radius 2 is 2.16 bits per heavy atom. The van der Waals surface area contributed by atoms with Crippen LogP contribution < -0.4 is 11.1 Å². The standard InChI is InChI=1S/C13H14IN3OS/c1-8(15)6-11-7-19-13(16-11)17-12(18)9-2-4-10(14)5-3-9/h2-5,7-8H,6,15H2,1H3,(H,16,17,18). The molecule has 6 heteroatoms. The minimum Gasteiger partial charge on any atom is -0.328 e. The normalized spacial score (nSPS) is 12.2. The minimum absolute atomic E-state index is 0.0712. The van der Waals surface area contributed by atoms with Gasteiger partial charge in [-0.05, 0) is 53.8 Å². The van der Waals surface area contributed by atoms with Crippen LogP contribution in [0.5, 0.6) is 0 Å². The van der Waals surface area contributed by atoms with Crippen LogP contribution in [0, 0.1) is 3.57 Å². The van der Waals surface area contributed by atoms with E-state index in [1.807, 2.05) is 24.4 Å². The van der Waals surface area contributed by atoms with Crippen LogP contribution in [0.1, 0.15) is 23.0 Å². The molecule has 100 valence electrons. The van der Waals surface area contributed by atoms with E-state index in [0.29, 0.717) is 10.7 Å². The van der Waals surface area contributed by atoms with Gasteiger partial charge in [0.05, 0.1) is 5.69 Å². The van der Waals surface area contributed by atoms with Crippen molar-refractivity contribution in [3.8, 4) is 0 Å². The Morgan fingerprint density at radius 3 is 2.79 bits per heavy atom. The number of nitrogens with zero attached hydrogens (tertiary/aromatic N) is 1. The maximum absolute atomic E-state index is 12.0. The van der Waals surface area contributed by atoms with Crippen LogP contribution in [0.25, 0.3) is 0 Å². The van der Waals surface area contributed by atoms with Gasteiger partial charge in [-0.25, -0.2) is 4.98 Å². The second-order valence-corrected chi connectivity index (χ2v) is 6.39. The van der Waals surface area contributed by atoms with Gasteiger partial charge in [0.1, 0.15) is 0 Å². The second-order valence-electron chi connectivity index (χ2n) is 4.29. The fraction of sp³-hybridized carbons (Fsp3) is 0.231. The lowest BCUT2D eigenvalue weighted by Gasteiger charge is -2.02. The lowest BCUT2D eigenvalue weighted by atomic mass is 10.2. The number of aromatic nitrogens is 1. The molecule has 1 aromatic carbocycles. The number of hydrogen-bond donors (Lipinski definition) is 2. The number of halogens is 1. The fourth-order valence-electron chi connectivity index (χ4n) is 1.56. The molecule has 0 radical (unpaired) electrons. The number of hydrogen-bond acceptors (Lipinski definition) is 4. The smallest absolute Gasteiger partial charge is 0.257 e. The van der Waals surface area contributed by atoms with Gasteiger partial charge in [-0.1, -0.05) is 0 Å². The summed E-state index contributed by atoms with van der Waals surface area (Å²) in [6.07, 6.45) is 0.718. The number of carbonyl (C=O) groups is 1. The summed E-state index contributed by atoms with van der Waals surface area (Å²) in [7, 11) is 0. The molecule has 2 aromatic rings. The van der Waals surface area contributed by atoms with E-state index in [2.05, 4.69) is 32.9 Å². The van der Waals surface area contributed by atoms with Gasteiger partial charge in [-0.15, -0.1) is 11.3 Å². The molecule has 0 saturated heterocycles. The first-order valence-electron chi connectivity index (χ1n) is 5.81. The van der Waals surface area contributed by atoms with E-state index < -0.39 is 0 Å². The molecule has 2 rings (SSSR count). The molecule has 0 aliphatic rings. The molecule has 0 bridgehead atoms. The Kier molecular flexibility index (Phi) is 4.89.